The molecular weight excluding hydrogens is 424 g/mol. The number of fused-ring (bicyclic) bond motifs is 1. The second kappa shape index (κ2) is 8.57. The van der Waals surface area contributed by atoms with Crippen molar-refractivity contribution in [2.24, 2.45) is 0 Å². The lowest BCUT2D eigenvalue weighted by Gasteiger charge is -2.27. The maximum Gasteiger partial charge on any atom is 0.161 e. The lowest BCUT2D eigenvalue weighted by Crippen LogP contribution is -2.28. The van der Waals surface area contributed by atoms with Gasteiger partial charge in [-0.3, -0.25) is 0 Å². The fourth-order valence-electron chi connectivity index (χ4n) is 2.95. The van der Waals surface area contributed by atoms with Crippen LogP contribution in [-0.2, 0) is 6.54 Å². The van der Waals surface area contributed by atoms with Crippen LogP contribution in [0.4, 0.5) is 5.69 Å². The number of nitrogens with two attached hydrogens (primary N) is 1. The first-order valence-electron chi connectivity index (χ1n) is 7.04. The number of anilines is 1. The van der Waals surface area contributed by atoms with Gasteiger partial charge in [-0.2, -0.15) is 0 Å². The van der Waals surface area contributed by atoms with Crippen LogP contribution in [0.5, 0.6) is 11.5 Å². The highest BCUT2D eigenvalue weighted by atomic mass is 79.9. The molecule has 0 saturated carbocycles. The van der Waals surface area contributed by atoms with Crippen LogP contribution in [0.2, 0.25) is 0 Å². The van der Waals surface area contributed by atoms with Gasteiger partial charge in [-0.05, 0) is 41.0 Å². The molecule has 6 heteroatoms. The zero-order chi connectivity index (χ0) is 14.8. The van der Waals surface area contributed by atoms with Crippen LogP contribution in [0.15, 0.2) is 36.4 Å². The number of hydrogen-bond donors (Lipinski definition) is 2. The normalized spacial score (nSPS) is 15.7. The molecular formula is C17H22Br2N2O2. The topological polar surface area (TPSA) is 56.5 Å². The molecule has 0 spiro atoms. The summed E-state index contributed by atoms with van der Waals surface area (Å²) in [5, 5.41) is 3.46. The minimum absolute atomic E-state index is 0. The first-order chi connectivity index (χ1) is 10.2. The van der Waals surface area contributed by atoms with Crippen LogP contribution in [0.1, 0.15) is 22.6 Å². The first-order valence-corrected chi connectivity index (χ1v) is 7.04. The smallest absolute Gasteiger partial charge is 0.161 e. The van der Waals surface area contributed by atoms with Crippen molar-refractivity contribution in [2.45, 2.75) is 12.5 Å². The average molecular weight is 446 g/mol. The molecule has 2 aromatic carbocycles. The molecule has 2 aromatic rings. The molecule has 1 aliphatic rings. The van der Waals surface area contributed by atoms with E-state index >= 15 is 0 Å². The van der Waals surface area contributed by atoms with E-state index in [-0.39, 0.29) is 34.0 Å². The van der Waals surface area contributed by atoms with Gasteiger partial charge in [0, 0.05) is 24.7 Å². The molecule has 23 heavy (non-hydrogen) atoms. The van der Waals surface area contributed by atoms with Crippen molar-refractivity contribution < 1.29 is 9.47 Å². The van der Waals surface area contributed by atoms with E-state index in [1.54, 1.807) is 14.2 Å². The Kier molecular flexibility index (Phi) is 7.38. The van der Waals surface area contributed by atoms with Crippen LogP contribution in [0, 0.1) is 0 Å². The predicted octanol–water partition coefficient (Wildman–Crippen LogP) is 3.68. The monoisotopic (exact) mass is 444 g/mol. The van der Waals surface area contributed by atoms with E-state index in [0.717, 1.165) is 30.3 Å². The first kappa shape index (κ1) is 19.8. The number of ether oxygens (including phenoxy) is 2. The summed E-state index contributed by atoms with van der Waals surface area (Å²) < 4.78 is 10.7. The van der Waals surface area contributed by atoms with Crippen LogP contribution < -0.4 is 20.5 Å². The van der Waals surface area contributed by atoms with E-state index in [2.05, 4.69) is 29.6 Å². The second-order valence-corrected chi connectivity index (χ2v) is 5.26. The van der Waals surface area contributed by atoms with E-state index in [1.807, 2.05) is 12.1 Å². The zero-order valence-electron chi connectivity index (χ0n) is 13.2. The molecule has 0 aromatic heterocycles. The lowest BCUT2D eigenvalue weighted by molar-refractivity contribution is 0.354. The zero-order valence-corrected chi connectivity index (χ0v) is 16.6. The van der Waals surface area contributed by atoms with E-state index < -0.39 is 0 Å². The summed E-state index contributed by atoms with van der Waals surface area (Å²) in [6, 6.07) is 12.3. The third-order valence-electron chi connectivity index (χ3n) is 4.02. The summed E-state index contributed by atoms with van der Waals surface area (Å²) in [6.07, 6.45) is 0. The number of halogens is 2. The van der Waals surface area contributed by atoms with Crippen molar-refractivity contribution in [3.63, 3.8) is 0 Å². The van der Waals surface area contributed by atoms with Gasteiger partial charge in [0.15, 0.2) is 11.5 Å². The van der Waals surface area contributed by atoms with Crippen molar-refractivity contribution in [1.29, 1.82) is 0 Å². The maximum absolute atomic E-state index is 5.89. The van der Waals surface area contributed by atoms with E-state index in [9.17, 15) is 0 Å². The van der Waals surface area contributed by atoms with Gasteiger partial charge in [-0.1, -0.05) is 12.1 Å². The molecule has 1 atom stereocenters. The Morgan fingerprint density at radius 3 is 2.43 bits per heavy atom. The third kappa shape index (κ3) is 4.00. The molecule has 3 rings (SSSR count). The van der Waals surface area contributed by atoms with Gasteiger partial charge < -0.3 is 20.5 Å². The molecule has 4 nitrogen and oxygen atoms in total. The van der Waals surface area contributed by atoms with E-state index in [1.165, 1.54) is 16.7 Å². The van der Waals surface area contributed by atoms with E-state index in [0.29, 0.717) is 5.92 Å². The Hall–Kier alpha value is -1.24. The highest BCUT2D eigenvalue weighted by molar-refractivity contribution is 8.93. The lowest BCUT2D eigenvalue weighted by atomic mass is 9.85. The van der Waals surface area contributed by atoms with Gasteiger partial charge in [-0.25, -0.2) is 0 Å². The third-order valence-corrected chi connectivity index (χ3v) is 4.02. The number of methoxy groups -OCH3 is 2. The number of benzene rings is 2. The molecule has 0 bridgehead atoms. The Labute approximate surface area is 157 Å². The number of rotatable bonds is 3. The summed E-state index contributed by atoms with van der Waals surface area (Å²) >= 11 is 0. The van der Waals surface area contributed by atoms with Crippen molar-refractivity contribution in [1.82, 2.24) is 5.32 Å². The predicted molar refractivity (Wildman–Crippen MR) is 105 cm³/mol. The number of hydrogen-bond acceptors (Lipinski definition) is 4. The van der Waals surface area contributed by atoms with Crippen LogP contribution >= 0.6 is 34.0 Å². The van der Waals surface area contributed by atoms with Crippen molar-refractivity contribution in [2.75, 3.05) is 26.5 Å². The van der Waals surface area contributed by atoms with Crippen molar-refractivity contribution in [3.8, 4) is 11.5 Å². The largest absolute Gasteiger partial charge is 0.493 e. The number of nitrogens with one attached hydrogen (secondary N) is 1. The summed E-state index contributed by atoms with van der Waals surface area (Å²) in [6.45, 7) is 1.77. The van der Waals surface area contributed by atoms with Gasteiger partial charge >= 0.3 is 0 Å². The molecule has 3 N–H and O–H groups in total. The van der Waals surface area contributed by atoms with Gasteiger partial charge in [-0.15, -0.1) is 34.0 Å². The number of nitrogen functional groups attached to an aromatic ring is 1. The average Bonchev–Trinajstić information content (AvgIpc) is 2.53. The van der Waals surface area contributed by atoms with Crippen LogP contribution in [-0.4, -0.2) is 20.8 Å². The summed E-state index contributed by atoms with van der Waals surface area (Å²) in [7, 11) is 3.31. The molecule has 0 radical (unpaired) electrons. The minimum atomic E-state index is 0. The summed E-state index contributed by atoms with van der Waals surface area (Å²) in [5.41, 5.74) is 10.5. The quantitative estimate of drug-likeness (QED) is 0.707. The molecule has 126 valence electrons. The Morgan fingerprint density at radius 2 is 1.74 bits per heavy atom. The fourth-order valence-corrected chi connectivity index (χ4v) is 2.95. The molecule has 0 saturated heterocycles. The van der Waals surface area contributed by atoms with Crippen LogP contribution in [0.25, 0.3) is 0 Å². The van der Waals surface area contributed by atoms with Gasteiger partial charge in [0.2, 0.25) is 0 Å². The molecule has 1 heterocycles. The molecule has 0 amide bonds. The molecule has 0 fully saturated rings. The van der Waals surface area contributed by atoms with Crippen molar-refractivity contribution >= 4 is 39.7 Å². The van der Waals surface area contributed by atoms with Gasteiger partial charge in [0.25, 0.3) is 0 Å². The highest BCUT2D eigenvalue weighted by Gasteiger charge is 2.22. The van der Waals surface area contributed by atoms with Gasteiger partial charge in [0.1, 0.15) is 0 Å². The fraction of sp³-hybridized carbons (Fsp3) is 0.294. The second-order valence-electron chi connectivity index (χ2n) is 5.26. The van der Waals surface area contributed by atoms with Gasteiger partial charge in [0.05, 0.1) is 14.2 Å². The molecule has 0 aliphatic carbocycles. The standard InChI is InChI=1S/C17H20N2O2.2BrH/c1-20-16-6-3-11(8-17(16)21-2)15-10-19-9-12-7-13(18)4-5-14(12)15;;/h3-8,15,19H,9-10,18H2,1-2H3;2*1H. The Bertz CT molecular complexity index is 665. The summed E-state index contributed by atoms with van der Waals surface area (Å²) in [5.74, 6) is 1.81. The van der Waals surface area contributed by atoms with E-state index in [4.69, 9.17) is 15.2 Å². The van der Waals surface area contributed by atoms with Crippen molar-refractivity contribution in [3.05, 3.63) is 53.1 Å². The highest BCUT2D eigenvalue weighted by Crippen LogP contribution is 2.36. The Morgan fingerprint density at radius 1 is 1.00 bits per heavy atom. The minimum Gasteiger partial charge on any atom is -0.493 e. The molecule has 1 aliphatic heterocycles. The maximum atomic E-state index is 5.89. The molecule has 1 unspecified atom stereocenters. The summed E-state index contributed by atoms with van der Waals surface area (Å²) in [4.78, 5) is 0. The Balaban J connectivity index is 0.00000132. The SMILES string of the molecule is Br.Br.COc1ccc(C2CNCc3cc(N)ccc32)cc1OC. The van der Waals surface area contributed by atoms with Crippen LogP contribution in [0.3, 0.4) is 0 Å².